The number of aromatic nitrogens is 1. The molecule has 0 spiro atoms. The molecule has 0 saturated heterocycles. The first-order chi connectivity index (χ1) is 10.9. The highest BCUT2D eigenvalue weighted by Crippen LogP contribution is 2.30. The quantitative estimate of drug-likeness (QED) is 0.868. The second-order valence-electron chi connectivity index (χ2n) is 5.85. The van der Waals surface area contributed by atoms with Gasteiger partial charge in [0, 0.05) is 36.8 Å². The Kier molecular flexibility index (Phi) is 4.02. The summed E-state index contributed by atoms with van der Waals surface area (Å²) in [5.74, 6) is -0.116. The van der Waals surface area contributed by atoms with Crippen molar-refractivity contribution >= 4 is 15.7 Å². The van der Waals surface area contributed by atoms with Gasteiger partial charge in [-0.1, -0.05) is 13.0 Å². The molecule has 1 atom stereocenters. The predicted octanol–water partition coefficient (Wildman–Crippen LogP) is 2.50. The van der Waals surface area contributed by atoms with E-state index in [-0.39, 0.29) is 16.8 Å². The Morgan fingerprint density at radius 3 is 2.70 bits per heavy atom. The van der Waals surface area contributed by atoms with Crippen LogP contribution < -0.4 is 0 Å². The molecule has 122 valence electrons. The van der Waals surface area contributed by atoms with Crippen LogP contribution >= 0.6 is 0 Å². The van der Waals surface area contributed by atoms with Crippen LogP contribution in [0.3, 0.4) is 0 Å². The molecule has 1 amide bonds. The van der Waals surface area contributed by atoms with Gasteiger partial charge < -0.3 is 9.47 Å². The zero-order chi connectivity index (χ0) is 16.6. The molecule has 0 fully saturated rings. The Labute approximate surface area is 136 Å². The van der Waals surface area contributed by atoms with Crippen molar-refractivity contribution < 1.29 is 13.2 Å². The van der Waals surface area contributed by atoms with Crippen LogP contribution in [0.2, 0.25) is 0 Å². The Balaban J connectivity index is 1.95. The van der Waals surface area contributed by atoms with Crippen molar-refractivity contribution in [1.82, 2.24) is 9.47 Å². The number of fused-ring (bicyclic) bond motifs is 1. The summed E-state index contributed by atoms with van der Waals surface area (Å²) < 4.78 is 25.6. The summed E-state index contributed by atoms with van der Waals surface area (Å²) in [4.78, 5) is 14.9. The standard InChI is InChI=1S/C17H20N2O3S/c1-3-15-16-8-5-9-18(16)10-11-19(15)17(20)13-6-4-7-14(12-13)23(2,21)22/h4-9,12,15H,3,10-11H2,1-2H3. The fraction of sp³-hybridized carbons (Fsp3) is 0.353. The molecular formula is C17H20N2O3S. The van der Waals surface area contributed by atoms with Crippen molar-refractivity contribution in [2.24, 2.45) is 0 Å². The van der Waals surface area contributed by atoms with E-state index in [1.165, 1.54) is 12.1 Å². The maximum atomic E-state index is 12.9. The minimum Gasteiger partial charge on any atom is -0.348 e. The number of benzene rings is 1. The Morgan fingerprint density at radius 1 is 1.22 bits per heavy atom. The molecule has 23 heavy (non-hydrogen) atoms. The smallest absolute Gasteiger partial charge is 0.254 e. The second-order valence-corrected chi connectivity index (χ2v) is 7.86. The number of hydrogen-bond acceptors (Lipinski definition) is 3. The molecule has 0 saturated carbocycles. The van der Waals surface area contributed by atoms with Gasteiger partial charge in [0.25, 0.3) is 5.91 Å². The number of carbonyl (C=O) groups excluding carboxylic acids is 1. The van der Waals surface area contributed by atoms with Crippen LogP contribution in [-0.2, 0) is 16.4 Å². The Morgan fingerprint density at radius 2 is 2.00 bits per heavy atom. The average Bonchev–Trinajstić information content (AvgIpc) is 3.01. The summed E-state index contributed by atoms with van der Waals surface area (Å²) >= 11 is 0. The fourth-order valence-corrected chi connectivity index (χ4v) is 3.83. The number of sulfone groups is 1. The molecule has 0 radical (unpaired) electrons. The third-order valence-electron chi connectivity index (χ3n) is 4.32. The lowest BCUT2D eigenvalue weighted by Crippen LogP contribution is -2.41. The lowest BCUT2D eigenvalue weighted by Gasteiger charge is -2.36. The first kappa shape index (κ1) is 15.8. The Bertz CT molecular complexity index is 839. The van der Waals surface area contributed by atoms with Crippen molar-refractivity contribution in [1.29, 1.82) is 0 Å². The zero-order valence-electron chi connectivity index (χ0n) is 13.3. The molecule has 1 unspecified atom stereocenters. The van der Waals surface area contributed by atoms with E-state index in [1.807, 2.05) is 23.2 Å². The number of amides is 1. The SMILES string of the molecule is CCC1c2cccn2CCN1C(=O)c1cccc(S(C)(=O)=O)c1. The monoisotopic (exact) mass is 332 g/mol. The molecular weight excluding hydrogens is 312 g/mol. The zero-order valence-corrected chi connectivity index (χ0v) is 14.1. The van der Waals surface area contributed by atoms with E-state index in [9.17, 15) is 13.2 Å². The predicted molar refractivity (Wildman–Crippen MR) is 88.1 cm³/mol. The van der Waals surface area contributed by atoms with Gasteiger partial charge in [0.05, 0.1) is 10.9 Å². The van der Waals surface area contributed by atoms with Crippen LogP contribution in [0.15, 0.2) is 47.5 Å². The first-order valence-corrected chi connectivity index (χ1v) is 9.57. The topological polar surface area (TPSA) is 59.4 Å². The molecule has 0 bridgehead atoms. The lowest BCUT2D eigenvalue weighted by atomic mass is 10.0. The third-order valence-corrected chi connectivity index (χ3v) is 5.43. The van der Waals surface area contributed by atoms with Crippen LogP contribution in [0.5, 0.6) is 0 Å². The molecule has 5 nitrogen and oxygen atoms in total. The second kappa shape index (κ2) is 5.85. The highest BCUT2D eigenvalue weighted by atomic mass is 32.2. The van der Waals surface area contributed by atoms with Crippen LogP contribution in [0.4, 0.5) is 0 Å². The number of nitrogens with zero attached hydrogens (tertiary/aromatic N) is 2. The molecule has 1 aromatic heterocycles. The van der Waals surface area contributed by atoms with Crippen LogP contribution in [0.1, 0.15) is 35.4 Å². The number of hydrogen-bond donors (Lipinski definition) is 0. The number of carbonyl (C=O) groups is 1. The minimum absolute atomic E-state index is 0.0214. The maximum absolute atomic E-state index is 12.9. The van der Waals surface area contributed by atoms with Crippen molar-refractivity contribution in [3.63, 3.8) is 0 Å². The summed E-state index contributed by atoms with van der Waals surface area (Å²) in [7, 11) is -3.32. The van der Waals surface area contributed by atoms with Gasteiger partial charge in [-0.2, -0.15) is 0 Å². The maximum Gasteiger partial charge on any atom is 0.254 e. The average molecular weight is 332 g/mol. The van der Waals surface area contributed by atoms with Crippen LogP contribution in [-0.4, -0.2) is 36.6 Å². The minimum atomic E-state index is -3.32. The largest absolute Gasteiger partial charge is 0.348 e. The molecule has 2 aromatic rings. The van der Waals surface area contributed by atoms with E-state index in [0.717, 1.165) is 24.9 Å². The van der Waals surface area contributed by atoms with Gasteiger partial charge >= 0.3 is 0 Å². The van der Waals surface area contributed by atoms with Crippen LogP contribution in [0.25, 0.3) is 0 Å². The molecule has 0 aliphatic carbocycles. The van der Waals surface area contributed by atoms with Gasteiger partial charge in [-0.3, -0.25) is 4.79 Å². The molecule has 6 heteroatoms. The Hall–Kier alpha value is -2.08. The van der Waals surface area contributed by atoms with E-state index in [4.69, 9.17) is 0 Å². The molecule has 1 aromatic carbocycles. The molecule has 0 N–H and O–H groups in total. The van der Waals surface area contributed by atoms with Crippen LogP contribution in [0, 0.1) is 0 Å². The molecule has 3 rings (SSSR count). The van der Waals surface area contributed by atoms with Crippen molar-refractivity contribution in [2.45, 2.75) is 30.8 Å². The number of rotatable bonds is 3. The van der Waals surface area contributed by atoms with Crippen molar-refractivity contribution in [3.05, 3.63) is 53.9 Å². The lowest BCUT2D eigenvalue weighted by molar-refractivity contribution is 0.0617. The summed E-state index contributed by atoms with van der Waals surface area (Å²) in [6.07, 6.45) is 4.00. The van der Waals surface area contributed by atoms with Crippen molar-refractivity contribution in [2.75, 3.05) is 12.8 Å². The van der Waals surface area contributed by atoms with E-state index in [0.29, 0.717) is 12.1 Å². The van der Waals surface area contributed by atoms with Crippen molar-refractivity contribution in [3.8, 4) is 0 Å². The van der Waals surface area contributed by atoms with Gasteiger partial charge in [-0.25, -0.2) is 8.42 Å². The summed E-state index contributed by atoms with van der Waals surface area (Å²) in [5, 5.41) is 0. The highest BCUT2D eigenvalue weighted by Gasteiger charge is 2.30. The van der Waals surface area contributed by atoms with Gasteiger partial charge in [0.15, 0.2) is 9.84 Å². The van der Waals surface area contributed by atoms with Gasteiger partial charge in [-0.05, 0) is 36.8 Å². The molecule has 1 aliphatic heterocycles. The van der Waals surface area contributed by atoms with E-state index >= 15 is 0 Å². The summed E-state index contributed by atoms with van der Waals surface area (Å²) in [5.41, 5.74) is 1.55. The first-order valence-electron chi connectivity index (χ1n) is 7.68. The normalized spacial score (nSPS) is 17.8. The summed E-state index contributed by atoms with van der Waals surface area (Å²) in [6, 6.07) is 10.3. The van der Waals surface area contributed by atoms with Gasteiger partial charge in [0.2, 0.25) is 0 Å². The van der Waals surface area contributed by atoms with E-state index in [1.54, 1.807) is 12.1 Å². The van der Waals surface area contributed by atoms with Gasteiger partial charge in [0.1, 0.15) is 0 Å². The summed E-state index contributed by atoms with van der Waals surface area (Å²) in [6.45, 7) is 3.44. The third kappa shape index (κ3) is 2.91. The van der Waals surface area contributed by atoms with E-state index < -0.39 is 9.84 Å². The highest BCUT2D eigenvalue weighted by molar-refractivity contribution is 7.90. The van der Waals surface area contributed by atoms with Gasteiger partial charge in [-0.15, -0.1) is 0 Å². The fourth-order valence-electron chi connectivity index (χ4n) is 3.16. The molecule has 2 heterocycles. The molecule has 1 aliphatic rings. The van der Waals surface area contributed by atoms with E-state index in [2.05, 4.69) is 11.5 Å².